The van der Waals surface area contributed by atoms with E-state index in [2.05, 4.69) is 5.32 Å². The van der Waals surface area contributed by atoms with Crippen LogP contribution in [0.4, 0.5) is 4.79 Å². The number of nitrogens with zero attached hydrogens (tertiary/aromatic N) is 1. The maximum atomic E-state index is 11.7. The van der Waals surface area contributed by atoms with Crippen LogP contribution in [0.3, 0.4) is 0 Å². The van der Waals surface area contributed by atoms with Crippen LogP contribution in [0.15, 0.2) is 30.3 Å². The Bertz CT molecular complexity index is 446. The van der Waals surface area contributed by atoms with E-state index < -0.39 is 11.5 Å². The Morgan fingerprint density at radius 1 is 1.47 bits per heavy atom. The highest BCUT2D eigenvalue weighted by atomic mass is 16.4. The van der Waals surface area contributed by atoms with Crippen LogP contribution in [0, 0.1) is 0 Å². The normalized spacial score (nSPS) is 23.6. The van der Waals surface area contributed by atoms with E-state index in [0.29, 0.717) is 6.54 Å². The molecule has 1 aliphatic rings. The van der Waals surface area contributed by atoms with Gasteiger partial charge in [-0.1, -0.05) is 30.3 Å². The molecule has 90 valence electrons. The van der Waals surface area contributed by atoms with Gasteiger partial charge in [0.15, 0.2) is 5.54 Å². The molecule has 1 fully saturated rings. The van der Waals surface area contributed by atoms with Crippen molar-refractivity contribution in [2.24, 2.45) is 0 Å². The Labute approximate surface area is 99.0 Å². The van der Waals surface area contributed by atoms with Gasteiger partial charge in [-0.25, -0.2) is 9.59 Å². The predicted molar refractivity (Wildman–Crippen MR) is 61.4 cm³/mol. The maximum absolute atomic E-state index is 11.7. The van der Waals surface area contributed by atoms with E-state index in [-0.39, 0.29) is 12.6 Å². The molecular formula is C12H14N2O3. The van der Waals surface area contributed by atoms with Crippen molar-refractivity contribution < 1.29 is 14.7 Å². The third-order valence-electron chi connectivity index (χ3n) is 3.07. The first-order valence-electron chi connectivity index (χ1n) is 5.37. The Morgan fingerprint density at radius 3 is 2.71 bits per heavy atom. The van der Waals surface area contributed by atoms with Gasteiger partial charge in [-0.05, 0) is 12.5 Å². The number of urea groups is 1. The minimum atomic E-state index is -1.17. The zero-order valence-corrected chi connectivity index (χ0v) is 9.51. The average Bonchev–Trinajstić information content (AvgIpc) is 2.60. The third-order valence-corrected chi connectivity index (χ3v) is 3.07. The summed E-state index contributed by atoms with van der Waals surface area (Å²) in [5, 5.41) is 11.8. The molecule has 0 aromatic heterocycles. The van der Waals surface area contributed by atoms with Gasteiger partial charge in [0.05, 0.1) is 6.54 Å². The molecular weight excluding hydrogens is 220 g/mol. The number of benzene rings is 1. The highest BCUT2D eigenvalue weighted by Gasteiger charge is 2.47. The summed E-state index contributed by atoms with van der Waals surface area (Å²) < 4.78 is 0. The van der Waals surface area contributed by atoms with Crippen LogP contribution in [0.2, 0.25) is 0 Å². The first kappa shape index (κ1) is 11.4. The lowest BCUT2D eigenvalue weighted by atomic mass is 10.0. The fourth-order valence-electron chi connectivity index (χ4n) is 1.87. The molecule has 5 nitrogen and oxygen atoms in total. The van der Waals surface area contributed by atoms with Crippen molar-refractivity contribution >= 4 is 12.0 Å². The number of rotatable bonds is 3. The summed E-state index contributed by atoms with van der Waals surface area (Å²) >= 11 is 0. The van der Waals surface area contributed by atoms with Gasteiger partial charge in [-0.3, -0.25) is 0 Å². The van der Waals surface area contributed by atoms with E-state index in [9.17, 15) is 14.7 Å². The lowest BCUT2D eigenvalue weighted by Gasteiger charge is -2.29. The van der Waals surface area contributed by atoms with Gasteiger partial charge in [0.2, 0.25) is 0 Å². The number of carboxylic acid groups (broad SMARTS) is 1. The molecule has 1 atom stereocenters. The van der Waals surface area contributed by atoms with Crippen LogP contribution in [0.1, 0.15) is 12.5 Å². The number of nitrogens with one attached hydrogen (secondary N) is 1. The Balaban J connectivity index is 2.24. The molecule has 0 radical (unpaired) electrons. The van der Waals surface area contributed by atoms with Crippen molar-refractivity contribution in [2.75, 3.05) is 6.54 Å². The van der Waals surface area contributed by atoms with Gasteiger partial charge in [-0.2, -0.15) is 0 Å². The zero-order valence-electron chi connectivity index (χ0n) is 9.51. The average molecular weight is 234 g/mol. The van der Waals surface area contributed by atoms with Crippen molar-refractivity contribution in [2.45, 2.75) is 19.0 Å². The summed E-state index contributed by atoms with van der Waals surface area (Å²) in [6, 6.07) is 9.01. The largest absolute Gasteiger partial charge is 0.479 e. The van der Waals surface area contributed by atoms with Crippen LogP contribution in [-0.2, 0) is 11.3 Å². The highest BCUT2D eigenvalue weighted by molar-refractivity contribution is 5.90. The van der Waals surface area contributed by atoms with E-state index >= 15 is 0 Å². The number of hydrogen-bond acceptors (Lipinski definition) is 2. The second-order valence-electron chi connectivity index (χ2n) is 4.31. The Hall–Kier alpha value is -2.04. The van der Waals surface area contributed by atoms with Gasteiger partial charge in [0.1, 0.15) is 0 Å². The molecule has 0 bridgehead atoms. The Kier molecular flexibility index (Phi) is 2.75. The second kappa shape index (κ2) is 4.08. The summed E-state index contributed by atoms with van der Waals surface area (Å²) in [6.07, 6.45) is 0. The van der Waals surface area contributed by atoms with Crippen LogP contribution in [0.5, 0.6) is 0 Å². The number of carbonyl (C=O) groups excluding carboxylic acids is 1. The van der Waals surface area contributed by atoms with Gasteiger partial charge in [0, 0.05) is 6.54 Å². The molecule has 1 aromatic carbocycles. The van der Waals surface area contributed by atoms with E-state index in [1.165, 1.54) is 4.90 Å². The van der Waals surface area contributed by atoms with Crippen LogP contribution >= 0.6 is 0 Å². The van der Waals surface area contributed by atoms with Crippen molar-refractivity contribution in [3.63, 3.8) is 0 Å². The molecule has 17 heavy (non-hydrogen) atoms. The SMILES string of the molecule is CC1(C(=O)O)CNC(=O)N1Cc1ccccc1. The number of carboxylic acids is 1. The molecule has 0 saturated carbocycles. The van der Waals surface area contributed by atoms with E-state index in [4.69, 9.17) is 0 Å². The van der Waals surface area contributed by atoms with Gasteiger partial charge >= 0.3 is 12.0 Å². The van der Waals surface area contributed by atoms with Gasteiger partial charge in [0.25, 0.3) is 0 Å². The van der Waals surface area contributed by atoms with Crippen LogP contribution < -0.4 is 5.32 Å². The maximum Gasteiger partial charge on any atom is 0.331 e. The summed E-state index contributed by atoms with van der Waals surface area (Å²) in [6.45, 7) is 1.99. The third kappa shape index (κ3) is 1.95. The molecule has 1 aromatic rings. The van der Waals surface area contributed by atoms with Crippen LogP contribution in [-0.4, -0.2) is 34.1 Å². The molecule has 2 N–H and O–H groups in total. The first-order valence-corrected chi connectivity index (χ1v) is 5.37. The summed E-state index contributed by atoms with van der Waals surface area (Å²) in [7, 11) is 0. The fourth-order valence-corrected chi connectivity index (χ4v) is 1.87. The van der Waals surface area contributed by atoms with Crippen molar-refractivity contribution in [1.82, 2.24) is 10.2 Å². The number of amides is 2. The molecule has 2 rings (SSSR count). The van der Waals surface area contributed by atoms with E-state index in [1.807, 2.05) is 30.3 Å². The zero-order chi connectivity index (χ0) is 12.5. The van der Waals surface area contributed by atoms with E-state index in [0.717, 1.165) is 5.56 Å². The molecule has 1 aliphatic heterocycles. The summed E-state index contributed by atoms with van der Waals surface area (Å²) in [5.74, 6) is -0.994. The minimum Gasteiger partial charge on any atom is -0.479 e. The quantitative estimate of drug-likeness (QED) is 0.821. The standard InChI is InChI=1S/C12H14N2O3/c1-12(10(15)16)8-13-11(17)14(12)7-9-5-3-2-4-6-9/h2-6H,7-8H2,1H3,(H,13,17)(H,15,16). The number of hydrogen-bond donors (Lipinski definition) is 2. The second-order valence-corrected chi connectivity index (χ2v) is 4.31. The van der Waals surface area contributed by atoms with E-state index in [1.54, 1.807) is 6.92 Å². The molecule has 1 saturated heterocycles. The molecule has 2 amide bonds. The monoisotopic (exact) mass is 234 g/mol. The first-order chi connectivity index (χ1) is 8.04. The minimum absolute atomic E-state index is 0.133. The summed E-state index contributed by atoms with van der Waals surface area (Å²) in [5.41, 5.74) is -0.260. The smallest absolute Gasteiger partial charge is 0.331 e. The van der Waals surface area contributed by atoms with Crippen molar-refractivity contribution in [3.05, 3.63) is 35.9 Å². The summed E-state index contributed by atoms with van der Waals surface area (Å²) in [4.78, 5) is 24.2. The molecule has 1 heterocycles. The van der Waals surface area contributed by atoms with Gasteiger partial charge in [-0.15, -0.1) is 0 Å². The van der Waals surface area contributed by atoms with Crippen molar-refractivity contribution in [3.8, 4) is 0 Å². The fraction of sp³-hybridized carbons (Fsp3) is 0.333. The lowest BCUT2D eigenvalue weighted by molar-refractivity contribution is -0.147. The molecule has 0 spiro atoms. The number of carbonyl (C=O) groups is 2. The van der Waals surface area contributed by atoms with Crippen molar-refractivity contribution in [1.29, 1.82) is 0 Å². The molecule has 0 aliphatic carbocycles. The molecule has 5 heteroatoms. The van der Waals surface area contributed by atoms with Gasteiger partial charge < -0.3 is 15.3 Å². The number of aliphatic carboxylic acids is 1. The lowest BCUT2D eigenvalue weighted by Crippen LogP contribution is -2.50. The predicted octanol–water partition coefficient (Wildman–Crippen LogP) is 1.06. The highest BCUT2D eigenvalue weighted by Crippen LogP contribution is 2.23. The molecule has 1 unspecified atom stereocenters. The topological polar surface area (TPSA) is 69.6 Å². The van der Waals surface area contributed by atoms with Crippen LogP contribution in [0.25, 0.3) is 0 Å². The Morgan fingerprint density at radius 2 is 2.12 bits per heavy atom.